The summed E-state index contributed by atoms with van der Waals surface area (Å²) in [5.41, 5.74) is -0.204. The van der Waals surface area contributed by atoms with E-state index < -0.39 is 35.3 Å². The molecule has 2 heterocycles. The zero-order valence-corrected chi connectivity index (χ0v) is 17.5. The largest absolute Gasteiger partial charge is 0.465 e. The molecule has 1 amide bonds. The van der Waals surface area contributed by atoms with Crippen LogP contribution in [0.2, 0.25) is 10.0 Å². The predicted octanol–water partition coefficient (Wildman–Crippen LogP) is 2.60. The van der Waals surface area contributed by atoms with E-state index in [9.17, 15) is 32.7 Å². The molecule has 9 nitrogen and oxygen atoms in total. The van der Waals surface area contributed by atoms with Crippen molar-refractivity contribution in [2.75, 3.05) is 5.32 Å². The van der Waals surface area contributed by atoms with E-state index in [1.165, 1.54) is 24.5 Å². The lowest BCUT2D eigenvalue weighted by molar-refractivity contribution is -0.330. The van der Waals surface area contributed by atoms with E-state index in [0.29, 0.717) is 17.5 Å². The molecule has 1 aromatic carbocycles. The Bertz CT molecular complexity index is 1270. The van der Waals surface area contributed by atoms with Gasteiger partial charge in [0.05, 0.1) is 16.6 Å². The highest BCUT2D eigenvalue weighted by molar-refractivity contribution is 6.42. The third kappa shape index (κ3) is 4.42. The van der Waals surface area contributed by atoms with Gasteiger partial charge in [-0.15, -0.1) is 0 Å². The Kier molecular flexibility index (Phi) is 6.22. The molecule has 0 aliphatic rings. The van der Waals surface area contributed by atoms with E-state index >= 15 is 0 Å². The molecule has 0 aliphatic heterocycles. The summed E-state index contributed by atoms with van der Waals surface area (Å²) in [4.78, 5) is 40.1. The van der Waals surface area contributed by atoms with Gasteiger partial charge in [-0.3, -0.25) is 14.2 Å². The van der Waals surface area contributed by atoms with E-state index in [0.717, 1.165) is 15.0 Å². The summed E-state index contributed by atoms with van der Waals surface area (Å²) in [5, 5.41) is 12.0. The van der Waals surface area contributed by atoms with Gasteiger partial charge in [-0.25, -0.2) is 14.2 Å². The summed E-state index contributed by atoms with van der Waals surface area (Å²) in [5.74, 6) is -8.59. The number of ether oxygens (including phenoxy) is 1. The number of nitrogens with zero attached hydrogens (tertiary/aromatic N) is 3. The first-order valence-electron chi connectivity index (χ1n) is 8.64. The van der Waals surface area contributed by atoms with Crippen LogP contribution >= 0.6 is 23.2 Å². The van der Waals surface area contributed by atoms with Crippen LogP contribution in [0.15, 0.2) is 41.5 Å². The molecule has 0 saturated carbocycles. The summed E-state index contributed by atoms with van der Waals surface area (Å²) in [6.07, 6.45) is -4.46. The Labute approximate surface area is 186 Å². The minimum atomic E-state index is -5.65. The minimum Gasteiger partial charge on any atom is -0.416 e. The van der Waals surface area contributed by atoms with Crippen LogP contribution < -0.4 is 11.0 Å². The first-order valence-corrected chi connectivity index (χ1v) is 9.40. The number of hydrogen-bond acceptors (Lipinski definition) is 6. The molecule has 170 valence electrons. The topological polar surface area (TPSA) is 115 Å². The second-order valence-corrected chi connectivity index (χ2v) is 7.32. The third-order valence-electron chi connectivity index (χ3n) is 4.19. The van der Waals surface area contributed by atoms with Crippen LogP contribution in [0, 0.1) is 0 Å². The van der Waals surface area contributed by atoms with Crippen molar-refractivity contribution in [3.8, 4) is 0 Å². The number of amides is 1. The first-order chi connectivity index (χ1) is 14.8. The number of carbonyl (C=O) groups excluding carboxylic acids is 2. The van der Waals surface area contributed by atoms with Gasteiger partial charge in [0.15, 0.2) is 0 Å². The van der Waals surface area contributed by atoms with Crippen LogP contribution in [0.1, 0.15) is 12.5 Å². The van der Waals surface area contributed by atoms with Crippen molar-refractivity contribution in [2.45, 2.75) is 25.4 Å². The van der Waals surface area contributed by atoms with Gasteiger partial charge in [-0.2, -0.15) is 13.2 Å². The minimum absolute atomic E-state index is 0.00118. The van der Waals surface area contributed by atoms with E-state index in [2.05, 4.69) is 9.72 Å². The maximum atomic E-state index is 13.2. The number of esters is 1. The molecule has 0 aliphatic carbocycles. The Morgan fingerprint density at radius 1 is 1.19 bits per heavy atom. The van der Waals surface area contributed by atoms with Crippen LogP contribution in [0.4, 0.5) is 19.0 Å². The van der Waals surface area contributed by atoms with E-state index in [1.807, 2.05) is 0 Å². The fraction of sp³-hybridized carbons (Fsp3) is 0.222. The summed E-state index contributed by atoms with van der Waals surface area (Å²) < 4.78 is 45.4. The van der Waals surface area contributed by atoms with Gasteiger partial charge >= 0.3 is 29.5 Å². The Morgan fingerprint density at radius 3 is 2.47 bits per heavy atom. The number of alkyl halides is 3. The highest BCUT2D eigenvalue weighted by Crippen LogP contribution is 2.33. The highest BCUT2D eigenvalue weighted by Gasteiger charge is 2.63. The number of anilines is 1. The normalized spacial score (nSPS) is 13.6. The lowest BCUT2D eigenvalue weighted by atomic mass is 10.2. The molecule has 3 rings (SSSR count). The molecule has 1 atom stereocenters. The SMILES string of the molecule is CC(=O)OC(O)(C(=O)Nc1ccc2ncn(Cc3ccc(Cl)c(Cl)c3)c(=O)n12)C(F)(F)F. The quantitative estimate of drug-likeness (QED) is 0.417. The average Bonchev–Trinajstić information content (AvgIpc) is 3.09. The van der Waals surface area contributed by atoms with Crippen molar-refractivity contribution in [3.05, 3.63) is 62.8 Å². The van der Waals surface area contributed by atoms with Crippen molar-refractivity contribution in [1.29, 1.82) is 0 Å². The first kappa shape index (κ1) is 23.6. The average molecular weight is 493 g/mol. The number of hydrogen-bond donors (Lipinski definition) is 2. The van der Waals surface area contributed by atoms with E-state index in [-0.39, 0.29) is 17.2 Å². The Morgan fingerprint density at radius 2 is 1.88 bits per heavy atom. The molecule has 0 bridgehead atoms. The van der Waals surface area contributed by atoms with Gasteiger partial charge < -0.3 is 15.2 Å². The number of carbonyl (C=O) groups is 2. The maximum absolute atomic E-state index is 13.2. The third-order valence-corrected chi connectivity index (χ3v) is 4.93. The fourth-order valence-electron chi connectivity index (χ4n) is 2.72. The molecule has 2 aromatic heterocycles. The highest BCUT2D eigenvalue weighted by atomic mass is 35.5. The van der Waals surface area contributed by atoms with Crippen molar-refractivity contribution < 1.29 is 32.6 Å². The molecule has 2 N–H and O–H groups in total. The smallest absolute Gasteiger partial charge is 0.416 e. The molecule has 1 unspecified atom stereocenters. The monoisotopic (exact) mass is 492 g/mol. The zero-order valence-electron chi connectivity index (χ0n) is 16.0. The maximum Gasteiger partial charge on any atom is 0.465 e. The fourth-order valence-corrected chi connectivity index (χ4v) is 3.04. The molecule has 0 spiro atoms. The van der Waals surface area contributed by atoms with Gasteiger partial charge in [0.1, 0.15) is 17.8 Å². The second-order valence-electron chi connectivity index (χ2n) is 6.51. The lowest BCUT2D eigenvalue weighted by Crippen LogP contribution is -2.57. The summed E-state index contributed by atoms with van der Waals surface area (Å²) in [7, 11) is 0. The predicted molar refractivity (Wildman–Crippen MR) is 106 cm³/mol. The molecule has 14 heteroatoms. The van der Waals surface area contributed by atoms with Gasteiger partial charge in [-0.1, -0.05) is 29.3 Å². The number of nitrogens with one attached hydrogen (secondary N) is 1. The molecular weight excluding hydrogens is 480 g/mol. The molecule has 32 heavy (non-hydrogen) atoms. The van der Waals surface area contributed by atoms with Crippen molar-refractivity contribution in [3.63, 3.8) is 0 Å². The number of aromatic nitrogens is 3. The van der Waals surface area contributed by atoms with E-state index in [1.54, 1.807) is 11.4 Å². The van der Waals surface area contributed by atoms with E-state index in [4.69, 9.17) is 23.2 Å². The van der Waals surface area contributed by atoms with Crippen LogP contribution in [-0.2, 0) is 20.9 Å². The van der Waals surface area contributed by atoms with Gasteiger partial charge in [0.25, 0.3) is 0 Å². The number of benzene rings is 1. The number of fused-ring (bicyclic) bond motifs is 1. The molecule has 0 radical (unpaired) electrons. The Balaban J connectivity index is 1.98. The molecular formula is C18H13Cl2F3N4O5. The van der Waals surface area contributed by atoms with Gasteiger partial charge in [-0.05, 0) is 29.8 Å². The zero-order chi connectivity index (χ0) is 23.8. The number of halogens is 5. The lowest BCUT2D eigenvalue weighted by Gasteiger charge is -2.27. The Hall–Kier alpha value is -3.09. The summed E-state index contributed by atoms with van der Waals surface area (Å²) in [6.45, 7) is 0.562. The second kappa shape index (κ2) is 8.45. The number of rotatable bonds is 5. The standard InChI is InChI=1S/C18H13Cl2F3N4O5/c1-9(28)32-17(31,18(21,22)23)15(29)25-14-5-4-13-24-8-26(16(30)27(13)14)7-10-2-3-11(19)12(20)6-10/h2-6,8,31H,7H2,1H3,(H,25,29). The van der Waals surface area contributed by atoms with Crippen molar-refractivity contribution in [1.82, 2.24) is 14.0 Å². The molecule has 3 aromatic rings. The summed E-state index contributed by atoms with van der Waals surface area (Å²) >= 11 is 11.8. The molecule has 0 saturated heterocycles. The van der Waals surface area contributed by atoms with Crippen LogP contribution in [0.25, 0.3) is 5.65 Å². The van der Waals surface area contributed by atoms with Crippen LogP contribution in [-0.4, -0.2) is 42.9 Å². The van der Waals surface area contributed by atoms with Gasteiger partial charge in [0, 0.05) is 6.92 Å². The van der Waals surface area contributed by atoms with Crippen LogP contribution in [0.3, 0.4) is 0 Å². The van der Waals surface area contributed by atoms with Crippen LogP contribution in [0.5, 0.6) is 0 Å². The van der Waals surface area contributed by atoms with Crippen molar-refractivity contribution in [2.24, 2.45) is 0 Å². The number of aliphatic hydroxyl groups is 1. The molecule has 0 fully saturated rings. The van der Waals surface area contributed by atoms with Crippen molar-refractivity contribution >= 4 is 46.5 Å². The van der Waals surface area contributed by atoms with Gasteiger partial charge in [0.2, 0.25) is 0 Å². The summed E-state index contributed by atoms with van der Waals surface area (Å²) in [6, 6.07) is 6.98.